The molecule has 0 atom stereocenters. The van der Waals surface area contributed by atoms with Crippen LogP contribution in [0.3, 0.4) is 0 Å². The van der Waals surface area contributed by atoms with Crippen LogP contribution in [-0.4, -0.2) is 57.2 Å². The van der Waals surface area contributed by atoms with Crippen molar-refractivity contribution < 1.29 is 15.3 Å². The molecule has 2 rings (SSSR count). The van der Waals surface area contributed by atoms with Crippen LogP contribution in [0.2, 0.25) is 0 Å². The van der Waals surface area contributed by atoms with E-state index in [-0.39, 0.29) is 19.8 Å². The van der Waals surface area contributed by atoms with Gasteiger partial charge in [-0.1, -0.05) is 6.92 Å². The third-order valence-electron chi connectivity index (χ3n) is 3.54. The van der Waals surface area contributed by atoms with Crippen LogP contribution < -0.4 is 10.6 Å². The van der Waals surface area contributed by atoms with Gasteiger partial charge in [0.25, 0.3) is 0 Å². The molecule has 1 saturated carbocycles. The predicted octanol–water partition coefficient (Wildman–Crippen LogP) is 0.303. The van der Waals surface area contributed by atoms with Crippen molar-refractivity contribution in [3.05, 3.63) is 11.9 Å². The molecule has 1 aromatic heterocycles. The van der Waals surface area contributed by atoms with E-state index in [0.29, 0.717) is 11.7 Å². The van der Waals surface area contributed by atoms with Gasteiger partial charge in [-0.05, 0) is 19.3 Å². The standard InChI is InChI=1S/C14H24N4O3/c1-2-5-15-11-6-12(17-13(16-11)10-3-4-10)18-14(7-19,8-20)9-21/h6,10,19-21H,2-5,7-9H2,1H3,(H2,15,16,17,18). The van der Waals surface area contributed by atoms with Crippen LogP contribution in [0.1, 0.15) is 37.9 Å². The van der Waals surface area contributed by atoms with Gasteiger partial charge in [0.05, 0.1) is 19.8 Å². The van der Waals surface area contributed by atoms with Crippen molar-refractivity contribution in [2.75, 3.05) is 37.0 Å². The highest BCUT2D eigenvalue weighted by molar-refractivity contribution is 5.49. The molecule has 0 aliphatic heterocycles. The van der Waals surface area contributed by atoms with E-state index >= 15 is 0 Å². The number of aliphatic hydroxyl groups excluding tert-OH is 3. The van der Waals surface area contributed by atoms with Crippen LogP contribution in [0.15, 0.2) is 6.07 Å². The van der Waals surface area contributed by atoms with Gasteiger partial charge in [0, 0.05) is 18.5 Å². The quantitative estimate of drug-likeness (QED) is 0.446. The highest BCUT2D eigenvalue weighted by atomic mass is 16.3. The lowest BCUT2D eigenvalue weighted by atomic mass is 10.0. The van der Waals surface area contributed by atoms with Crippen molar-refractivity contribution in [3.8, 4) is 0 Å². The van der Waals surface area contributed by atoms with Gasteiger partial charge in [-0.2, -0.15) is 0 Å². The minimum atomic E-state index is -1.18. The van der Waals surface area contributed by atoms with Gasteiger partial charge in [0.1, 0.15) is 23.0 Å². The second-order valence-corrected chi connectivity index (χ2v) is 5.58. The molecule has 5 N–H and O–H groups in total. The molecular weight excluding hydrogens is 272 g/mol. The van der Waals surface area contributed by atoms with E-state index < -0.39 is 5.54 Å². The fourth-order valence-corrected chi connectivity index (χ4v) is 1.94. The zero-order chi connectivity index (χ0) is 15.3. The van der Waals surface area contributed by atoms with Gasteiger partial charge in [0.15, 0.2) is 0 Å². The van der Waals surface area contributed by atoms with Crippen molar-refractivity contribution >= 4 is 11.6 Å². The Morgan fingerprint density at radius 1 is 1.14 bits per heavy atom. The zero-order valence-electron chi connectivity index (χ0n) is 12.3. The number of nitrogens with one attached hydrogen (secondary N) is 2. The number of hydrogen-bond donors (Lipinski definition) is 5. The average Bonchev–Trinajstić information content (AvgIpc) is 3.35. The summed E-state index contributed by atoms with van der Waals surface area (Å²) in [6.07, 6.45) is 3.16. The third kappa shape index (κ3) is 4.03. The fourth-order valence-electron chi connectivity index (χ4n) is 1.94. The Morgan fingerprint density at radius 3 is 2.29 bits per heavy atom. The number of anilines is 2. The molecule has 0 spiro atoms. The van der Waals surface area contributed by atoms with E-state index in [4.69, 9.17) is 0 Å². The van der Waals surface area contributed by atoms with Gasteiger partial charge < -0.3 is 26.0 Å². The van der Waals surface area contributed by atoms with Crippen molar-refractivity contribution in [2.24, 2.45) is 0 Å². The highest BCUT2D eigenvalue weighted by Crippen LogP contribution is 2.39. The first-order chi connectivity index (χ1) is 10.2. The Hall–Kier alpha value is -1.44. The Bertz CT molecular complexity index is 453. The number of hydrogen-bond acceptors (Lipinski definition) is 7. The summed E-state index contributed by atoms with van der Waals surface area (Å²) >= 11 is 0. The van der Waals surface area contributed by atoms with Crippen LogP contribution in [0.25, 0.3) is 0 Å². The molecule has 1 fully saturated rings. The lowest BCUT2D eigenvalue weighted by molar-refractivity contribution is 0.0831. The summed E-state index contributed by atoms with van der Waals surface area (Å²) in [5, 5.41) is 34.4. The monoisotopic (exact) mass is 296 g/mol. The molecular formula is C14H24N4O3. The van der Waals surface area contributed by atoms with Gasteiger partial charge in [-0.15, -0.1) is 0 Å². The molecule has 1 heterocycles. The number of aromatic nitrogens is 2. The molecule has 1 aromatic rings. The summed E-state index contributed by atoms with van der Waals surface area (Å²) in [6.45, 7) is 1.72. The first kappa shape index (κ1) is 15.9. The van der Waals surface area contributed by atoms with Crippen molar-refractivity contribution in [3.63, 3.8) is 0 Å². The molecule has 7 nitrogen and oxygen atoms in total. The Labute approximate surface area is 124 Å². The van der Waals surface area contributed by atoms with E-state index in [1.54, 1.807) is 6.07 Å². The molecule has 0 saturated heterocycles. The molecule has 7 heteroatoms. The highest BCUT2D eigenvalue weighted by Gasteiger charge is 2.31. The lowest BCUT2D eigenvalue weighted by Gasteiger charge is -2.29. The second kappa shape index (κ2) is 7.02. The van der Waals surface area contributed by atoms with Gasteiger partial charge in [-0.25, -0.2) is 9.97 Å². The molecule has 0 radical (unpaired) electrons. The average molecular weight is 296 g/mol. The summed E-state index contributed by atoms with van der Waals surface area (Å²) in [4.78, 5) is 8.93. The maximum Gasteiger partial charge on any atom is 0.136 e. The number of rotatable bonds is 9. The third-order valence-corrected chi connectivity index (χ3v) is 3.54. The SMILES string of the molecule is CCCNc1cc(NC(CO)(CO)CO)nc(C2CC2)n1. The molecule has 21 heavy (non-hydrogen) atoms. The largest absolute Gasteiger partial charge is 0.394 e. The van der Waals surface area contributed by atoms with Gasteiger partial charge >= 0.3 is 0 Å². The van der Waals surface area contributed by atoms with Gasteiger partial charge in [0.2, 0.25) is 0 Å². The summed E-state index contributed by atoms with van der Waals surface area (Å²) in [6, 6.07) is 1.73. The minimum Gasteiger partial charge on any atom is -0.394 e. The number of nitrogens with zero attached hydrogens (tertiary/aromatic N) is 2. The van der Waals surface area contributed by atoms with E-state index in [0.717, 1.165) is 37.4 Å². The Morgan fingerprint density at radius 2 is 1.76 bits per heavy atom. The Balaban J connectivity index is 2.22. The lowest BCUT2D eigenvalue weighted by Crippen LogP contribution is -2.49. The molecule has 0 amide bonds. The number of aliphatic hydroxyl groups is 3. The maximum atomic E-state index is 9.40. The fraction of sp³-hybridized carbons (Fsp3) is 0.714. The van der Waals surface area contributed by atoms with E-state index in [1.807, 2.05) is 0 Å². The van der Waals surface area contributed by atoms with Crippen LogP contribution in [0, 0.1) is 0 Å². The van der Waals surface area contributed by atoms with Crippen LogP contribution in [-0.2, 0) is 0 Å². The van der Waals surface area contributed by atoms with Crippen LogP contribution >= 0.6 is 0 Å². The Kier molecular flexibility index (Phi) is 5.33. The molecule has 0 unspecified atom stereocenters. The first-order valence-corrected chi connectivity index (χ1v) is 7.40. The second-order valence-electron chi connectivity index (χ2n) is 5.58. The maximum absolute atomic E-state index is 9.40. The molecule has 1 aliphatic rings. The molecule has 0 bridgehead atoms. The van der Waals surface area contributed by atoms with Crippen molar-refractivity contribution in [1.82, 2.24) is 9.97 Å². The van der Waals surface area contributed by atoms with E-state index in [1.165, 1.54) is 0 Å². The summed E-state index contributed by atoms with van der Waals surface area (Å²) in [5.41, 5.74) is -1.18. The van der Waals surface area contributed by atoms with Crippen LogP contribution in [0.5, 0.6) is 0 Å². The summed E-state index contributed by atoms with van der Waals surface area (Å²) in [7, 11) is 0. The zero-order valence-corrected chi connectivity index (χ0v) is 12.3. The first-order valence-electron chi connectivity index (χ1n) is 7.40. The molecule has 0 aromatic carbocycles. The van der Waals surface area contributed by atoms with Gasteiger partial charge in [-0.3, -0.25) is 0 Å². The molecule has 1 aliphatic carbocycles. The summed E-state index contributed by atoms with van der Waals surface area (Å²) in [5.74, 6) is 2.38. The van der Waals surface area contributed by atoms with Crippen LogP contribution in [0.4, 0.5) is 11.6 Å². The normalized spacial score (nSPS) is 15.0. The van der Waals surface area contributed by atoms with E-state index in [2.05, 4.69) is 27.5 Å². The summed E-state index contributed by atoms with van der Waals surface area (Å²) < 4.78 is 0. The predicted molar refractivity (Wildman–Crippen MR) is 80.4 cm³/mol. The smallest absolute Gasteiger partial charge is 0.136 e. The molecule has 118 valence electrons. The topological polar surface area (TPSA) is 111 Å². The van der Waals surface area contributed by atoms with E-state index in [9.17, 15) is 15.3 Å². The van der Waals surface area contributed by atoms with Crippen molar-refractivity contribution in [2.45, 2.75) is 37.6 Å². The minimum absolute atomic E-state index is 0.388. The van der Waals surface area contributed by atoms with Crippen molar-refractivity contribution in [1.29, 1.82) is 0 Å².